The second-order valence-corrected chi connectivity index (χ2v) is 5.88. The minimum atomic E-state index is -0.630. The third-order valence-electron chi connectivity index (χ3n) is 3.49. The van der Waals surface area contributed by atoms with E-state index in [1.165, 1.54) is 26.5 Å². The van der Waals surface area contributed by atoms with Gasteiger partial charge in [-0.25, -0.2) is 9.78 Å². The molecule has 4 aromatic rings. The molecule has 0 saturated heterocycles. The zero-order valence-electron chi connectivity index (χ0n) is 12.1. The average Bonchev–Trinajstić information content (AvgIpc) is 3.16. The van der Waals surface area contributed by atoms with Gasteiger partial charge in [0.25, 0.3) is 5.56 Å². The van der Waals surface area contributed by atoms with Crippen molar-refractivity contribution in [3.05, 3.63) is 62.9 Å². The van der Waals surface area contributed by atoms with Crippen molar-refractivity contribution in [2.45, 2.75) is 6.54 Å². The summed E-state index contributed by atoms with van der Waals surface area (Å²) in [5.74, 6) is -1.15. The summed E-state index contributed by atoms with van der Waals surface area (Å²) in [4.78, 5) is 41.0. The quantitative estimate of drug-likeness (QED) is 0.605. The van der Waals surface area contributed by atoms with Crippen LogP contribution in [0.5, 0.6) is 0 Å². The number of nitrogens with one attached hydrogen (secondary N) is 1. The number of hydrogen-bond acceptors (Lipinski definition) is 6. The van der Waals surface area contributed by atoms with Crippen molar-refractivity contribution in [3.63, 3.8) is 0 Å². The number of oxazole rings is 1. The highest BCUT2D eigenvalue weighted by Crippen LogP contribution is 2.12. The Hall–Kier alpha value is -3.20. The van der Waals surface area contributed by atoms with Gasteiger partial charge in [-0.15, -0.1) is 11.3 Å². The van der Waals surface area contributed by atoms with Gasteiger partial charge in [0, 0.05) is 11.6 Å². The van der Waals surface area contributed by atoms with Gasteiger partial charge in [-0.1, -0.05) is 12.1 Å². The number of fused-ring (bicyclic) bond motifs is 2. The molecular weight excluding hydrogens is 332 g/mol. The van der Waals surface area contributed by atoms with Crippen LogP contribution in [0.25, 0.3) is 16.1 Å². The fraction of sp³-hybridized carbons (Fsp3) is 0.0667. The number of hydrogen-bond donors (Lipinski definition) is 1. The molecule has 9 heteroatoms. The first-order valence-electron chi connectivity index (χ1n) is 6.96. The summed E-state index contributed by atoms with van der Waals surface area (Å²) in [6.45, 7) is -0.262. The number of rotatable bonds is 3. The molecule has 120 valence electrons. The largest absolute Gasteiger partial charge is 0.420 e. The van der Waals surface area contributed by atoms with Crippen LogP contribution in [0.1, 0.15) is 0 Å². The number of nitrogens with zero attached hydrogens (tertiary/aromatic N) is 3. The number of para-hydroxylation sites is 2. The normalized spacial score (nSPS) is 11.2. The maximum Gasteiger partial charge on any atom is 0.420 e. The lowest BCUT2D eigenvalue weighted by Gasteiger charge is -2.05. The summed E-state index contributed by atoms with van der Waals surface area (Å²) in [6, 6.07) is 6.80. The predicted octanol–water partition coefficient (Wildman–Crippen LogP) is 1.30. The van der Waals surface area contributed by atoms with Gasteiger partial charge in [0.2, 0.25) is 5.91 Å². The van der Waals surface area contributed by atoms with Gasteiger partial charge in [0.15, 0.2) is 10.5 Å². The molecule has 0 atom stereocenters. The van der Waals surface area contributed by atoms with E-state index < -0.39 is 11.7 Å². The van der Waals surface area contributed by atoms with E-state index in [0.29, 0.717) is 16.1 Å². The second kappa shape index (κ2) is 5.46. The zero-order valence-corrected chi connectivity index (χ0v) is 12.9. The summed E-state index contributed by atoms with van der Waals surface area (Å²) in [7, 11) is 0. The molecule has 0 aliphatic rings. The van der Waals surface area contributed by atoms with Crippen LogP contribution >= 0.6 is 11.3 Å². The highest BCUT2D eigenvalue weighted by atomic mass is 32.1. The lowest BCUT2D eigenvalue weighted by molar-refractivity contribution is -0.116. The Kier molecular flexibility index (Phi) is 3.28. The van der Waals surface area contributed by atoms with Crippen molar-refractivity contribution < 1.29 is 9.21 Å². The Morgan fingerprint density at radius 1 is 1.29 bits per heavy atom. The average molecular weight is 342 g/mol. The Balaban J connectivity index is 1.64. The van der Waals surface area contributed by atoms with Gasteiger partial charge in [0.05, 0.1) is 11.7 Å². The molecule has 0 bridgehead atoms. The Morgan fingerprint density at radius 3 is 3.00 bits per heavy atom. The van der Waals surface area contributed by atoms with E-state index in [1.807, 2.05) is 0 Å². The van der Waals surface area contributed by atoms with Crippen molar-refractivity contribution in [1.29, 1.82) is 0 Å². The molecule has 3 aromatic heterocycles. The van der Waals surface area contributed by atoms with E-state index in [2.05, 4.69) is 10.3 Å². The van der Waals surface area contributed by atoms with Gasteiger partial charge >= 0.3 is 5.76 Å². The first-order valence-corrected chi connectivity index (χ1v) is 7.84. The minimum Gasteiger partial charge on any atom is -0.408 e. The molecule has 0 radical (unpaired) electrons. The molecule has 8 nitrogen and oxygen atoms in total. The number of benzene rings is 1. The van der Waals surface area contributed by atoms with Crippen molar-refractivity contribution >= 4 is 39.0 Å². The SMILES string of the molecule is O=C(Cn1c(=O)oc2ccccc21)Nc1cnc2sccn2c1=O. The van der Waals surface area contributed by atoms with Crippen LogP contribution in [0.3, 0.4) is 0 Å². The third kappa shape index (κ3) is 2.31. The van der Waals surface area contributed by atoms with E-state index >= 15 is 0 Å². The summed E-state index contributed by atoms with van der Waals surface area (Å²) in [5.41, 5.74) is 0.591. The maximum atomic E-state index is 12.2. The van der Waals surface area contributed by atoms with E-state index in [4.69, 9.17) is 4.42 Å². The van der Waals surface area contributed by atoms with Gasteiger partial charge < -0.3 is 9.73 Å². The van der Waals surface area contributed by atoms with Gasteiger partial charge in [-0.2, -0.15) is 0 Å². The van der Waals surface area contributed by atoms with E-state index in [9.17, 15) is 14.4 Å². The zero-order chi connectivity index (χ0) is 16.7. The third-order valence-corrected chi connectivity index (χ3v) is 4.26. The highest BCUT2D eigenvalue weighted by molar-refractivity contribution is 7.15. The van der Waals surface area contributed by atoms with E-state index in [1.54, 1.807) is 35.8 Å². The standard InChI is InChI=1S/C15H10N4O4S/c20-12(8-19-10-3-1-2-4-11(10)23-15(19)22)17-9-7-16-14-18(13(9)21)5-6-24-14/h1-7H,8H2,(H,17,20). The lowest BCUT2D eigenvalue weighted by atomic mass is 10.3. The summed E-state index contributed by atoms with van der Waals surface area (Å²) in [5, 5.41) is 4.22. The molecule has 0 aliphatic heterocycles. The number of carbonyl (C=O) groups is 1. The van der Waals surface area contributed by atoms with Crippen LogP contribution < -0.4 is 16.6 Å². The van der Waals surface area contributed by atoms with Crippen LogP contribution in [0.15, 0.2) is 56.0 Å². The number of aromatic nitrogens is 3. The van der Waals surface area contributed by atoms with Crippen LogP contribution in [-0.2, 0) is 11.3 Å². The number of amides is 1. The molecule has 0 fully saturated rings. The number of carbonyl (C=O) groups excluding carboxylic acids is 1. The lowest BCUT2D eigenvalue weighted by Crippen LogP contribution is -2.28. The Bertz CT molecular complexity index is 1180. The predicted molar refractivity (Wildman–Crippen MR) is 88.4 cm³/mol. The minimum absolute atomic E-state index is 0.0525. The molecule has 1 amide bonds. The first-order chi connectivity index (χ1) is 11.6. The Labute approximate surface area is 137 Å². The van der Waals surface area contributed by atoms with Crippen LogP contribution in [-0.4, -0.2) is 19.9 Å². The van der Waals surface area contributed by atoms with E-state index in [0.717, 1.165) is 0 Å². The molecule has 0 aliphatic carbocycles. The molecule has 0 unspecified atom stereocenters. The number of thiazole rings is 1. The molecule has 0 saturated carbocycles. The molecule has 3 heterocycles. The molecule has 0 spiro atoms. The van der Waals surface area contributed by atoms with Gasteiger partial charge in [0.1, 0.15) is 12.2 Å². The van der Waals surface area contributed by atoms with Crippen LogP contribution in [0.2, 0.25) is 0 Å². The summed E-state index contributed by atoms with van der Waals surface area (Å²) < 4.78 is 7.63. The van der Waals surface area contributed by atoms with Crippen molar-refractivity contribution in [2.75, 3.05) is 5.32 Å². The monoisotopic (exact) mass is 342 g/mol. The first kappa shape index (κ1) is 14.4. The van der Waals surface area contributed by atoms with Crippen LogP contribution in [0.4, 0.5) is 5.69 Å². The molecular formula is C15H10N4O4S. The fourth-order valence-corrected chi connectivity index (χ4v) is 3.08. The Morgan fingerprint density at radius 2 is 2.12 bits per heavy atom. The smallest absolute Gasteiger partial charge is 0.408 e. The van der Waals surface area contributed by atoms with Gasteiger partial charge in [-0.3, -0.25) is 18.6 Å². The van der Waals surface area contributed by atoms with Crippen molar-refractivity contribution in [1.82, 2.24) is 14.0 Å². The number of anilines is 1. The molecule has 4 rings (SSSR count). The highest BCUT2D eigenvalue weighted by Gasteiger charge is 2.14. The summed E-state index contributed by atoms with van der Waals surface area (Å²) in [6.07, 6.45) is 2.89. The maximum absolute atomic E-state index is 12.2. The van der Waals surface area contributed by atoms with E-state index in [-0.39, 0.29) is 17.8 Å². The molecule has 1 N–H and O–H groups in total. The molecule has 1 aromatic carbocycles. The second-order valence-electron chi connectivity index (χ2n) is 5.00. The molecule has 24 heavy (non-hydrogen) atoms. The van der Waals surface area contributed by atoms with Crippen molar-refractivity contribution in [2.24, 2.45) is 0 Å². The summed E-state index contributed by atoms with van der Waals surface area (Å²) >= 11 is 1.32. The van der Waals surface area contributed by atoms with Crippen molar-refractivity contribution in [3.8, 4) is 0 Å². The fourth-order valence-electron chi connectivity index (χ4n) is 2.41. The van der Waals surface area contributed by atoms with Crippen LogP contribution in [0, 0.1) is 0 Å². The van der Waals surface area contributed by atoms with Gasteiger partial charge in [-0.05, 0) is 12.1 Å². The topological polar surface area (TPSA) is 98.6 Å².